The Bertz CT molecular complexity index is 1470. The number of fused-ring (bicyclic) bond motifs is 1. The molecule has 2 aromatic carbocycles. The van der Waals surface area contributed by atoms with Crippen molar-refractivity contribution < 1.29 is 23.9 Å². The number of rotatable bonds is 7. The summed E-state index contributed by atoms with van der Waals surface area (Å²) in [6.07, 6.45) is 3.48. The summed E-state index contributed by atoms with van der Waals surface area (Å²) in [5.41, 5.74) is 4.48. The Hall–Kier alpha value is -4.50. The van der Waals surface area contributed by atoms with Crippen LogP contribution in [-0.4, -0.2) is 38.2 Å². The molecule has 3 heterocycles. The summed E-state index contributed by atoms with van der Waals surface area (Å²) in [5, 5.41) is 7.82. The van der Waals surface area contributed by atoms with Gasteiger partial charge in [-0.1, -0.05) is 18.2 Å². The Morgan fingerprint density at radius 3 is 2.53 bits per heavy atom. The first-order chi connectivity index (χ1) is 17.5. The highest BCUT2D eigenvalue weighted by Gasteiger charge is 2.31. The van der Waals surface area contributed by atoms with Gasteiger partial charge in [-0.05, 0) is 47.4 Å². The lowest BCUT2D eigenvalue weighted by molar-refractivity contribution is -0.115. The second-order valence-corrected chi connectivity index (χ2v) is 9.04. The number of esters is 1. The van der Waals surface area contributed by atoms with E-state index < -0.39 is 5.97 Å². The number of allylic oxidation sites excluding steroid dienone is 2. The fourth-order valence-electron chi connectivity index (χ4n) is 4.08. The van der Waals surface area contributed by atoms with Crippen molar-refractivity contribution in [3.8, 4) is 11.1 Å². The summed E-state index contributed by atoms with van der Waals surface area (Å²) < 4.78 is 10.1. The summed E-state index contributed by atoms with van der Waals surface area (Å²) in [5.74, 6) is -0.345. The minimum atomic E-state index is -0.455. The average Bonchev–Trinajstić information content (AvgIpc) is 3.48. The molecule has 2 amide bonds. The van der Waals surface area contributed by atoms with Crippen LogP contribution in [0, 0.1) is 0 Å². The molecule has 180 valence electrons. The van der Waals surface area contributed by atoms with Crippen LogP contribution in [0.4, 0.5) is 11.4 Å². The van der Waals surface area contributed by atoms with Gasteiger partial charge in [-0.15, -0.1) is 11.3 Å². The quantitative estimate of drug-likeness (QED) is 0.363. The predicted molar refractivity (Wildman–Crippen MR) is 139 cm³/mol. The van der Waals surface area contributed by atoms with Gasteiger partial charge >= 0.3 is 5.97 Å². The number of ether oxygens (including phenoxy) is 2. The van der Waals surface area contributed by atoms with Crippen LogP contribution in [0.5, 0.6) is 0 Å². The minimum Gasteiger partial charge on any atom is -0.493 e. The highest BCUT2D eigenvalue weighted by molar-refractivity contribution is 7.10. The van der Waals surface area contributed by atoms with E-state index in [1.54, 1.807) is 48.7 Å². The van der Waals surface area contributed by atoms with Gasteiger partial charge in [0.15, 0.2) is 5.76 Å². The van der Waals surface area contributed by atoms with Crippen molar-refractivity contribution in [2.24, 2.45) is 4.99 Å². The number of aliphatic imine (C=N–C) groups is 1. The number of amides is 2. The topological polar surface area (TPSA) is 106 Å². The Morgan fingerprint density at radius 1 is 1.08 bits per heavy atom. The standard InChI is InChI=1S/C27H21N3O5S/c1-34-22-14-28-21(22)13-18-25-20(30-26(18)32)10-9-19(29-23(31)12-17-4-3-11-36-17)24(25)15-5-7-16(8-6-15)27(33)35-2/h3-11,13-14H,12H2,1-2H3,(H,29,31)(H,30,32)/b18-13-. The van der Waals surface area contributed by atoms with E-state index in [4.69, 9.17) is 9.47 Å². The third kappa shape index (κ3) is 4.32. The van der Waals surface area contributed by atoms with E-state index in [0.717, 1.165) is 4.88 Å². The summed E-state index contributed by atoms with van der Waals surface area (Å²) >= 11 is 1.51. The van der Waals surface area contributed by atoms with E-state index in [2.05, 4.69) is 15.6 Å². The normalized spacial score (nSPS) is 14.8. The van der Waals surface area contributed by atoms with Gasteiger partial charge in [0.05, 0.1) is 38.0 Å². The molecule has 0 spiro atoms. The molecule has 0 bridgehead atoms. The Morgan fingerprint density at radius 2 is 1.89 bits per heavy atom. The molecule has 0 aliphatic carbocycles. The van der Waals surface area contributed by atoms with Crippen molar-refractivity contribution in [2.45, 2.75) is 6.42 Å². The van der Waals surface area contributed by atoms with Crippen LogP contribution in [0.1, 0.15) is 20.8 Å². The number of benzene rings is 2. The first-order valence-corrected chi connectivity index (χ1v) is 11.9. The van der Waals surface area contributed by atoms with Crippen LogP contribution in [-0.2, 0) is 25.5 Å². The van der Waals surface area contributed by atoms with Gasteiger partial charge < -0.3 is 20.1 Å². The number of hydrogen-bond donors (Lipinski definition) is 2. The van der Waals surface area contributed by atoms with Crippen molar-refractivity contribution in [2.75, 3.05) is 24.9 Å². The minimum absolute atomic E-state index is 0.180. The highest BCUT2D eigenvalue weighted by atomic mass is 32.1. The lowest BCUT2D eigenvalue weighted by atomic mass is 9.91. The number of carbonyl (C=O) groups is 3. The van der Waals surface area contributed by atoms with Gasteiger partial charge in [-0.2, -0.15) is 0 Å². The maximum Gasteiger partial charge on any atom is 0.337 e. The predicted octanol–water partition coefficient (Wildman–Crippen LogP) is 4.66. The maximum absolute atomic E-state index is 13.0. The van der Waals surface area contributed by atoms with Gasteiger partial charge in [0, 0.05) is 27.4 Å². The number of thiophene rings is 1. The Labute approximate surface area is 211 Å². The number of nitrogens with zero attached hydrogens (tertiary/aromatic N) is 1. The maximum atomic E-state index is 13.0. The van der Waals surface area contributed by atoms with E-state index in [-0.39, 0.29) is 18.2 Å². The molecule has 0 saturated carbocycles. The Balaban J connectivity index is 1.62. The van der Waals surface area contributed by atoms with E-state index >= 15 is 0 Å². The largest absolute Gasteiger partial charge is 0.493 e. The van der Waals surface area contributed by atoms with E-state index in [9.17, 15) is 14.4 Å². The van der Waals surface area contributed by atoms with Crippen LogP contribution in [0.15, 0.2) is 76.4 Å². The zero-order valence-corrected chi connectivity index (χ0v) is 20.3. The van der Waals surface area contributed by atoms with E-state index in [0.29, 0.717) is 50.7 Å². The number of anilines is 2. The van der Waals surface area contributed by atoms with Crippen LogP contribution in [0.25, 0.3) is 16.7 Å². The van der Waals surface area contributed by atoms with Gasteiger partial charge in [0.2, 0.25) is 5.91 Å². The van der Waals surface area contributed by atoms with Crippen molar-refractivity contribution >= 4 is 52.3 Å². The molecule has 36 heavy (non-hydrogen) atoms. The molecule has 2 N–H and O–H groups in total. The second kappa shape index (κ2) is 9.63. The zero-order chi connectivity index (χ0) is 25.2. The summed E-state index contributed by atoms with van der Waals surface area (Å²) in [6, 6.07) is 14.1. The molecule has 5 rings (SSSR count). The molecule has 2 aliphatic rings. The SMILES string of the molecule is COC(=O)c1ccc(-c2c(NC(=O)Cc3cccs3)ccc3c2/C(=C/C2=C(OC)C=N2)C(=O)N3)cc1. The fourth-order valence-corrected chi connectivity index (χ4v) is 4.79. The lowest BCUT2D eigenvalue weighted by Gasteiger charge is -2.17. The summed E-state index contributed by atoms with van der Waals surface area (Å²) in [4.78, 5) is 43.0. The van der Waals surface area contributed by atoms with Crippen LogP contribution in [0.2, 0.25) is 0 Å². The van der Waals surface area contributed by atoms with E-state index in [1.807, 2.05) is 17.5 Å². The third-order valence-corrected chi connectivity index (χ3v) is 6.70. The van der Waals surface area contributed by atoms with Crippen LogP contribution < -0.4 is 10.6 Å². The van der Waals surface area contributed by atoms with Crippen molar-refractivity contribution in [3.05, 3.63) is 87.4 Å². The lowest BCUT2D eigenvalue weighted by Crippen LogP contribution is -2.15. The molecule has 9 heteroatoms. The molecule has 3 aromatic rings. The first kappa shape index (κ1) is 23.3. The first-order valence-electron chi connectivity index (χ1n) is 11.0. The van der Waals surface area contributed by atoms with Gasteiger partial charge in [0.1, 0.15) is 5.70 Å². The van der Waals surface area contributed by atoms with Gasteiger partial charge in [-0.3, -0.25) is 9.59 Å². The number of hydrogen-bond acceptors (Lipinski definition) is 7. The molecular formula is C27H21N3O5S. The zero-order valence-electron chi connectivity index (χ0n) is 19.5. The monoisotopic (exact) mass is 499 g/mol. The molecule has 0 unspecified atom stereocenters. The van der Waals surface area contributed by atoms with Crippen molar-refractivity contribution in [1.29, 1.82) is 0 Å². The molecular weight excluding hydrogens is 478 g/mol. The summed E-state index contributed by atoms with van der Waals surface area (Å²) in [6.45, 7) is 0. The molecule has 1 aromatic heterocycles. The molecule has 0 atom stereocenters. The van der Waals surface area contributed by atoms with Gasteiger partial charge in [-0.25, -0.2) is 9.79 Å². The van der Waals surface area contributed by atoms with E-state index in [1.165, 1.54) is 25.6 Å². The van der Waals surface area contributed by atoms with Crippen LogP contribution >= 0.6 is 11.3 Å². The molecule has 0 saturated heterocycles. The van der Waals surface area contributed by atoms with Crippen molar-refractivity contribution in [1.82, 2.24) is 0 Å². The molecule has 8 nitrogen and oxygen atoms in total. The molecule has 0 fully saturated rings. The third-order valence-electron chi connectivity index (χ3n) is 5.83. The van der Waals surface area contributed by atoms with Crippen LogP contribution in [0.3, 0.4) is 0 Å². The average molecular weight is 500 g/mol. The Kier molecular flexibility index (Phi) is 6.22. The summed E-state index contributed by atoms with van der Waals surface area (Å²) in [7, 11) is 2.86. The smallest absolute Gasteiger partial charge is 0.337 e. The molecule has 0 radical (unpaired) electrons. The number of carbonyl (C=O) groups excluding carboxylic acids is 3. The number of nitrogens with one attached hydrogen (secondary N) is 2. The number of methoxy groups -OCH3 is 2. The van der Waals surface area contributed by atoms with Crippen molar-refractivity contribution in [3.63, 3.8) is 0 Å². The van der Waals surface area contributed by atoms with Gasteiger partial charge in [0.25, 0.3) is 5.91 Å². The molecule has 2 aliphatic heterocycles. The highest BCUT2D eigenvalue weighted by Crippen LogP contribution is 2.44. The fraction of sp³-hybridized carbons (Fsp3) is 0.111. The second-order valence-electron chi connectivity index (χ2n) is 8.01.